The van der Waals surface area contributed by atoms with Crippen molar-refractivity contribution in [1.29, 1.82) is 0 Å². The highest BCUT2D eigenvalue weighted by atomic mass is 35.5. The second kappa shape index (κ2) is 7.75. The van der Waals surface area contributed by atoms with Gasteiger partial charge in [0, 0.05) is 23.5 Å². The normalized spacial score (nSPS) is 16.1. The van der Waals surface area contributed by atoms with Gasteiger partial charge in [-0.15, -0.1) is 0 Å². The van der Waals surface area contributed by atoms with Gasteiger partial charge in [0.1, 0.15) is 0 Å². The van der Waals surface area contributed by atoms with Gasteiger partial charge in [0.05, 0.1) is 0 Å². The van der Waals surface area contributed by atoms with E-state index >= 15 is 0 Å². The molecule has 2 rings (SSSR count). The van der Waals surface area contributed by atoms with E-state index in [9.17, 15) is 8.42 Å². The quantitative estimate of drug-likeness (QED) is 0.790. The van der Waals surface area contributed by atoms with Crippen LogP contribution in [0.15, 0.2) is 41.3 Å². The monoisotopic (exact) mass is 326 g/mol. The molecule has 0 spiro atoms. The number of hydrogen-bond donors (Lipinski definition) is 2. The van der Waals surface area contributed by atoms with Crippen LogP contribution < -0.4 is 10.0 Å². The van der Waals surface area contributed by atoms with E-state index in [2.05, 4.69) is 16.1 Å². The molecule has 0 aromatic heterocycles. The number of sulfonamides is 1. The highest BCUT2D eigenvalue weighted by Crippen LogP contribution is 2.11. The van der Waals surface area contributed by atoms with Gasteiger partial charge in [0.25, 0.3) is 0 Å². The molecule has 21 heavy (non-hydrogen) atoms. The molecule has 0 saturated heterocycles. The van der Waals surface area contributed by atoms with Crippen LogP contribution in [0.1, 0.15) is 18.4 Å². The minimum atomic E-state index is -3.40. The average Bonchev–Trinajstić information content (AvgIpc) is 2.48. The van der Waals surface area contributed by atoms with Crippen LogP contribution in [0.3, 0.4) is 0 Å². The summed E-state index contributed by atoms with van der Waals surface area (Å²) >= 11 is 5.78. The van der Waals surface area contributed by atoms with Gasteiger partial charge < -0.3 is 5.32 Å². The molecule has 6 heteroatoms. The lowest BCUT2D eigenvalue weighted by atomic mass is 10.1. The molecule has 0 radical (unpaired) electrons. The van der Waals surface area contributed by atoms with Crippen molar-refractivity contribution in [3.8, 4) is 0 Å². The second-order valence-electron chi connectivity index (χ2n) is 4.86. The molecular formula is C15H19ClN2O2S. The van der Waals surface area contributed by atoms with Gasteiger partial charge in [-0.1, -0.05) is 35.4 Å². The zero-order chi connectivity index (χ0) is 15.1. The standard InChI is InChI=1S/C15H19ClN2O2S/c16-15-3-1-13(2-4-15)8-12-21(19,20)18-11-7-14-5-9-17-10-6-14/h1-5,8,12,17-18H,6-7,9-11H2/b12-8+. The van der Waals surface area contributed by atoms with E-state index < -0.39 is 10.0 Å². The van der Waals surface area contributed by atoms with E-state index in [4.69, 9.17) is 11.6 Å². The van der Waals surface area contributed by atoms with Crippen molar-refractivity contribution in [3.63, 3.8) is 0 Å². The first-order chi connectivity index (χ1) is 10.1. The fraction of sp³-hybridized carbons (Fsp3) is 0.333. The Bertz CT molecular complexity index is 622. The molecule has 0 unspecified atom stereocenters. The highest BCUT2D eigenvalue weighted by molar-refractivity contribution is 7.92. The van der Waals surface area contributed by atoms with Crippen molar-refractivity contribution in [3.05, 3.63) is 51.9 Å². The van der Waals surface area contributed by atoms with Gasteiger partial charge in [-0.05, 0) is 43.2 Å². The van der Waals surface area contributed by atoms with Gasteiger partial charge in [-0.2, -0.15) is 0 Å². The summed E-state index contributed by atoms with van der Waals surface area (Å²) in [6.45, 7) is 2.27. The summed E-state index contributed by atoms with van der Waals surface area (Å²) < 4.78 is 26.3. The van der Waals surface area contributed by atoms with E-state index in [1.54, 1.807) is 30.3 Å². The van der Waals surface area contributed by atoms with Crippen LogP contribution in [0.2, 0.25) is 5.02 Å². The summed E-state index contributed by atoms with van der Waals surface area (Å²) in [6.07, 6.45) is 5.43. The molecule has 1 aliphatic rings. The SMILES string of the molecule is O=S(=O)(/C=C/c1ccc(Cl)cc1)NCCC1=CCNCC1. The van der Waals surface area contributed by atoms with Crippen LogP contribution >= 0.6 is 11.6 Å². The van der Waals surface area contributed by atoms with Crippen LogP contribution in [0.4, 0.5) is 0 Å². The maximum absolute atomic E-state index is 11.9. The van der Waals surface area contributed by atoms with Crippen molar-refractivity contribution >= 4 is 27.7 Å². The molecule has 0 atom stereocenters. The number of halogens is 1. The van der Waals surface area contributed by atoms with Crippen LogP contribution in [-0.4, -0.2) is 28.1 Å². The second-order valence-corrected chi connectivity index (χ2v) is 6.95. The van der Waals surface area contributed by atoms with E-state index in [1.165, 1.54) is 11.0 Å². The molecular weight excluding hydrogens is 308 g/mol. The van der Waals surface area contributed by atoms with Crippen molar-refractivity contribution in [2.75, 3.05) is 19.6 Å². The Morgan fingerprint density at radius 1 is 1.29 bits per heavy atom. The Balaban J connectivity index is 1.83. The van der Waals surface area contributed by atoms with Crippen LogP contribution in [0, 0.1) is 0 Å². The smallest absolute Gasteiger partial charge is 0.233 e. The van der Waals surface area contributed by atoms with Crippen molar-refractivity contribution in [1.82, 2.24) is 10.0 Å². The average molecular weight is 327 g/mol. The van der Waals surface area contributed by atoms with Crippen LogP contribution in [-0.2, 0) is 10.0 Å². The van der Waals surface area contributed by atoms with E-state index in [0.29, 0.717) is 11.6 Å². The lowest BCUT2D eigenvalue weighted by molar-refractivity contribution is 0.589. The minimum absolute atomic E-state index is 0.430. The Morgan fingerprint density at radius 2 is 2.05 bits per heavy atom. The maximum atomic E-state index is 11.9. The molecule has 0 fully saturated rings. The molecule has 0 aliphatic carbocycles. The van der Waals surface area contributed by atoms with Crippen molar-refractivity contribution in [2.24, 2.45) is 0 Å². The Hall–Kier alpha value is -1.14. The zero-order valence-corrected chi connectivity index (χ0v) is 13.3. The summed E-state index contributed by atoms with van der Waals surface area (Å²) in [5, 5.41) is 5.04. The third-order valence-corrected chi connectivity index (χ3v) is 4.57. The number of rotatable bonds is 6. The molecule has 0 bridgehead atoms. The topological polar surface area (TPSA) is 58.2 Å². The van der Waals surface area contributed by atoms with E-state index in [1.807, 2.05) is 0 Å². The predicted molar refractivity (Wildman–Crippen MR) is 87.6 cm³/mol. The Kier molecular flexibility index (Phi) is 5.99. The third kappa shape index (κ3) is 6.01. The molecule has 2 N–H and O–H groups in total. The highest BCUT2D eigenvalue weighted by Gasteiger charge is 2.07. The predicted octanol–water partition coefficient (Wildman–Crippen LogP) is 2.54. The lowest BCUT2D eigenvalue weighted by Gasteiger charge is -2.13. The molecule has 114 valence electrons. The molecule has 1 aromatic carbocycles. The Labute approximate surface area is 130 Å². The fourth-order valence-corrected chi connectivity index (χ4v) is 2.99. The first-order valence-electron chi connectivity index (χ1n) is 6.87. The van der Waals surface area contributed by atoms with E-state index in [-0.39, 0.29) is 0 Å². The number of hydrogen-bond acceptors (Lipinski definition) is 3. The minimum Gasteiger partial charge on any atom is -0.313 e. The molecule has 1 aromatic rings. The lowest BCUT2D eigenvalue weighted by Crippen LogP contribution is -2.25. The molecule has 0 saturated carbocycles. The maximum Gasteiger partial charge on any atom is 0.233 e. The fourth-order valence-electron chi connectivity index (χ4n) is 2.04. The first-order valence-corrected chi connectivity index (χ1v) is 8.79. The molecule has 0 amide bonds. The number of nitrogens with one attached hydrogen (secondary N) is 2. The summed E-state index contributed by atoms with van der Waals surface area (Å²) in [4.78, 5) is 0. The third-order valence-electron chi connectivity index (χ3n) is 3.22. The van der Waals surface area contributed by atoms with Crippen molar-refractivity contribution in [2.45, 2.75) is 12.8 Å². The molecule has 4 nitrogen and oxygen atoms in total. The zero-order valence-electron chi connectivity index (χ0n) is 11.7. The molecule has 1 heterocycles. The summed E-state index contributed by atoms with van der Waals surface area (Å²) in [5.41, 5.74) is 2.10. The van der Waals surface area contributed by atoms with Gasteiger partial charge in [-0.25, -0.2) is 13.1 Å². The van der Waals surface area contributed by atoms with E-state index in [0.717, 1.165) is 31.5 Å². The summed E-state index contributed by atoms with van der Waals surface area (Å²) in [5.74, 6) is 0. The van der Waals surface area contributed by atoms with Gasteiger partial charge >= 0.3 is 0 Å². The first kappa shape index (κ1) is 16.2. The number of benzene rings is 1. The van der Waals surface area contributed by atoms with Gasteiger partial charge in [-0.3, -0.25) is 0 Å². The van der Waals surface area contributed by atoms with Crippen LogP contribution in [0.5, 0.6) is 0 Å². The van der Waals surface area contributed by atoms with Crippen molar-refractivity contribution < 1.29 is 8.42 Å². The van der Waals surface area contributed by atoms with Gasteiger partial charge in [0.2, 0.25) is 10.0 Å². The summed E-state index contributed by atoms with van der Waals surface area (Å²) in [7, 11) is -3.40. The van der Waals surface area contributed by atoms with Crippen LogP contribution in [0.25, 0.3) is 6.08 Å². The van der Waals surface area contributed by atoms with Gasteiger partial charge in [0.15, 0.2) is 0 Å². The summed E-state index contributed by atoms with van der Waals surface area (Å²) in [6, 6.07) is 7.00. The molecule has 1 aliphatic heterocycles. The largest absolute Gasteiger partial charge is 0.313 e. The Morgan fingerprint density at radius 3 is 2.71 bits per heavy atom.